The van der Waals surface area contributed by atoms with Gasteiger partial charge in [-0.05, 0) is 44.0 Å². The van der Waals surface area contributed by atoms with Gasteiger partial charge in [0.15, 0.2) is 6.10 Å². The van der Waals surface area contributed by atoms with Gasteiger partial charge in [-0.15, -0.1) is 0 Å². The van der Waals surface area contributed by atoms with Gasteiger partial charge in [0.1, 0.15) is 5.75 Å². The lowest BCUT2D eigenvalue weighted by Gasteiger charge is -2.34. The van der Waals surface area contributed by atoms with E-state index in [1.807, 2.05) is 26.0 Å². The maximum Gasteiger partial charge on any atom is 0.305 e. The second-order valence-corrected chi connectivity index (χ2v) is 6.76. The van der Waals surface area contributed by atoms with Crippen molar-refractivity contribution in [3.63, 3.8) is 0 Å². The molecule has 0 radical (unpaired) electrons. The number of hydrogen-bond donors (Lipinski definition) is 2. The average Bonchev–Trinajstić information content (AvgIpc) is 2.40. The molecule has 0 saturated heterocycles. The molecule has 0 aliphatic heterocycles. The lowest BCUT2D eigenvalue weighted by atomic mass is 9.85. The molecule has 0 bridgehead atoms. The van der Waals surface area contributed by atoms with Gasteiger partial charge in [-0.25, -0.2) is 0 Å². The van der Waals surface area contributed by atoms with E-state index >= 15 is 0 Å². The van der Waals surface area contributed by atoms with E-state index in [4.69, 9.17) is 9.84 Å². The molecule has 0 heterocycles. The summed E-state index contributed by atoms with van der Waals surface area (Å²) >= 11 is 3.33. The molecule has 1 aromatic rings. The summed E-state index contributed by atoms with van der Waals surface area (Å²) in [5, 5.41) is 11.8. The van der Waals surface area contributed by atoms with Crippen molar-refractivity contribution in [2.75, 3.05) is 0 Å². The molecule has 5 nitrogen and oxygen atoms in total. The van der Waals surface area contributed by atoms with Crippen LogP contribution in [0, 0.1) is 5.92 Å². The van der Waals surface area contributed by atoms with E-state index in [-0.39, 0.29) is 18.2 Å². The summed E-state index contributed by atoms with van der Waals surface area (Å²) in [5.74, 6) is -0.721. The highest BCUT2D eigenvalue weighted by molar-refractivity contribution is 9.10. The third-order valence-electron chi connectivity index (χ3n) is 3.70. The molecule has 122 valence electrons. The maximum absolute atomic E-state index is 12.3. The molecule has 0 fully saturated rings. The van der Waals surface area contributed by atoms with Crippen LogP contribution in [0.1, 0.15) is 34.1 Å². The van der Waals surface area contributed by atoms with Gasteiger partial charge in [0.05, 0.1) is 12.0 Å². The Bertz CT molecular complexity index is 529. The topological polar surface area (TPSA) is 75.6 Å². The third-order valence-corrected chi connectivity index (χ3v) is 4.23. The van der Waals surface area contributed by atoms with Crippen LogP contribution in [-0.4, -0.2) is 28.6 Å². The first-order valence-corrected chi connectivity index (χ1v) is 7.89. The number of nitrogens with one attached hydrogen (secondary N) is 1. The lowest BCUT2D eigenvalue weighted by molar-refractivity contribution is -0.140. The minimum absolute atomic E-state index is 0.0209. The highest BCUT2D eigenvalue weighted by atomic mass is 79.9. The number of carboxylic acid groups (broad SMARTS) is 1. The zero-order valence-electron chi connectivity index (χ0n) is 13.2. The van der Waals surface area contributed by atoms with Crippen molar-refractivity contribution in [2.24, 2.45) is 5.92 Å². The van der Waals surface area contributed by atoms with E-state index in [9.17, 15) is 9.59 Å². The summed E-state index contributed by atoms with van der Waals surface area (Å²) < 4.78 is 6.50. The molecule has 2 N–H and O–H groups in total. The van der Waals surface area contributed by atoms with Gasteiger partial charge >= 0.3 is 5.97 Å². The van der Waals surface area contributed by atoms with Crippen LogP contribution in [0.4, 0.5) is 0 Å². The fraction of sp³-hybridized carbons (Fsp3) is 0.500. The van der Waals surface area contributed by atoms with Crippen molar-refractivity contribution in [2.45, 2.75) is 45.8 Å². The third kappa shape index (κ3) is 5.33. The van der Waals surface area contributed by atoms with Gasteiger partial charge in [0.2, 0.25) is 0 Å². The van der Waals surface area contributed by atoms with Gasteiger partial charge in [0.25, 0.3) is 5.91 Å². The maximum atomic E-state index is 12.3. The summed E-state index contributed by atoms with van der Waals surface area (Å²) in [6.07, 6.45) is -0.852. The van der Waals surface area contributed by atoms with E-state index < -0.39 is 17.6 Å². The zero-order valence-corrected chi connectivity index (χ0v) is 14.8. The molecule has 0 aliphatic rings. The molecular formula is C16H22BrNO4. The Hall–Kier alpha value is -1.56. The quantitative estimate of drug-likeness (QED) is 0.771. The van der Waals surface area contributed by atoms with Crippen LogP contribution in [0.15, 0.2) is 28.7 Å². The highest BCUT2D eigenvalue weighted by Gasteiger charge is 2.34. The summed E-state index contributed by atoms with van der Waals surface area (Å²) in [6, 6.07) is 7.16. The first kappa shape index (κ1) is 18.5. The van der Waals surface area contributed by atoms with Crippen LogP contribution in [0.25, 0.3) is 0 Å². The van der Waals surface area contributed by atoms with E-state index in [1.54, 1.807) is 26.0 Å². The van der Waals surface area contributed by atoms with Crippen molar-refractivity contribution in [3.05, 3.63) is 28.7 Å². The molecule has 0 aliphatic carbocycles. The van der Waals surface area contributed by atoms with Crippen LogP contribution in [-0.2, 0) is 9.59 Å². The van der Waals surface area contributed by atoms with Crippen molar-refractivity contribution in [1.29, 1.82) is 0 Å². The van der Waals surface area contributed by atoms with Gasteiger partial charge in [0, 0.05) is 4.47 Å². The van der Waals surface area contributed by atoms with Crippen molar-refractivity contribution >= 4 is 27.8 Å². The number of hydrogen-bond acceptors (Lipinski definition) is 3. The average molecular weight is 372 g/mol. The molecule has 2 atom stereocenters. The Morgan fingerprint density at radius 1 is 1.27 bits per heavy atom. The molecule has 2 unspecified atom stereocenters. The molecule has 0 aromatic heterocycles. The standard InChI is InChI=1S/C16H22BrNO4/c1-10(2)16(4,9-14(19)20)18-15(21)11(3)22-13-7-5-12(17)6-8-13/h5-8,10-11H,9H2,1-4H3,(H,18,21)(H,19,20). The lowest BCUT2D eigenvalue weighted by Crippen LogP contribution is -2.54. The molecule has 6 heteroatoms. The van der Waals surface area contributed by atoms with Gasteiger partial charge in [-0.1, -0.05) is 29.8 Å². The summed E-state index contributed by atoms with van der Waals surface area (Å²) in [5.41, 5.74) is -0.819. The number of rotatable bonds is 7. The first-order chi connectivity index (χ1) is 10.1. The second-order valence-electron chi connectivity index (χ2n) is 5.85. The van der Waals surface area contributed by atoms with Crippen LogP contribution in [0.3, 0.4) is 0 Å². The fourth-order valence-electron chi connectivity index (χ4n) is 1.86. The minimum Gasteiger partial charge on any atom is -0.481 e. The van der Waals surface area contributed by atoms with Crippen LogP contribution < -0.4 is 10.1 Å². The van der Waals surface area contributed by atoms with Crippen molar-refractivity contribution < 1.29 is 19.4 Å². The second kappa shape index (κ2) is 7.63. The first-order valence-electron chi connectivity index (χ1n) is 7.10. The van der Waals surface area contributed by atoms with Gasteiger partial charge < -0.3 is 15.2 Å². The van der Waals surface area contributed by atoms with Crippen molar-refractivity contribution in [1.82, 2.24) is 5.32 Å². The molecule has 1 aromatic carbocycles. The molecule has 1 rings (SSSR count). The highest BCUT2D eigenvalue weighted by Crippen LogP contribution is 2.22. The van der Waals surface area contributed by atoms with Gasteiger partial charge in [-0.2, -0.15) is 0 Å². The van der Waals surface area contributed by atoms with Crippen molar-refractivity contribution in [3.8, 4) is 5.75 Å². The monoisotopic (exact) mass is 371 g/mol. The van der Waals surface area contributed by atoms with Gasteiger partial charge in [-0.3, -0.25) is 9.59 Å². The number of benzene rings is 1. The Morgan fingerprint density at radius 3 is 2.27 bits per heavy atom. The Morgan fingerprint density at radius 2 is 1.82 bits per heavy atom. The van der Waals surface area contributed by atoms with Crippen LogP contribution in [0.2, 0.25) is 0 Å². The Labute approximate surface area is 139 Å². The van der Waals surface area contributed by atoms with E-state index in [0.717, 1.165) is 4.47 Å². The SMILES string of the molecule is CC(Oc1ccc(Br)cc1)C(=O)NC(C)(CC(=O)O)C(C)C. The number of amides is 1. The largest absolute Gasteiger partial charge is 0.481 e. The molecule has 0 saturated carbocycles. The summed E-state index contributed by atoms with van der Waals surface area (Å²) in [7, 11) is 0. The predicted octanol–water partition coefficient (Wildman–Crippen LogP) is 3.22. The molecule has 22 heavy (non-hydrogen) atoms. The smallest absolute Gasteiger partial charge is 0.305 e. The minimum atomic E-state index is -0.946. The van der Waals surface area contributed by atoms with Crippen LogP contribution >= 0.6 is 15.9 Å². The number of carboxylic acids is 1. The fourth-order valence-corrected chi connectivity index (χ4v) is 2.13. The van der Waals surface area contributed by atoms with E-state index in [1.165, 1.54) is 0 Å². The number of carbonyl (C=O) groups is 2. The predicted molar refractivity (Wildman–Crippen MR) is 87.9 cm³/mol. The normalized spacial score (nSPS) is 15.0. The number of halogens is 1. The molecule has 1 amide bonds. The summed E-state index contributed by atoms with van der Waals surface area (Å²) in [4.78, 5) is 23.3. The van der Waals surface area contributed by atoms with Crippen LogP contribution in [0.5, 0.6) is 5.75 Å². The summed E-state index contributed by atoms with van der Waals surface area (Å²) in [6.45, 7) is 7.13. The number of ether oxygens (including phenoxy) is 1. The van der Waals surface area contributed by atoms with E-state index in [2.05, 4.69) is 21.2 Å². The number of carbonyl (C=O) groups excluding carboxylic acids is 1. The zero-order chi connectivity index (χ0) is 16.9. The number of aliphatic carboxylic acids is 1. The molecular weight excluding hydrogens is 350 g/mol. The Kier molecular flexibility index (Phi) is 6.41. The molecule has 0 spiro atoms. The Balaban J connectivity index is 2.72. The van der Waals surface area contributed by atoms with E-state index in [0.29, 0.717) is 5.75 Å².